The Morgan fingerprint density at radius 2 is 0.875 bits per heavy atom. The molecule has 1 aliphatic rings. The van der Waals surface area contributed by atoms with E-state index in [9.17, 15) is 4.57 Å². The molecular weight excluding hydrogens is 407 g/mol. The molecule has 0 N–H and O–H groups in total. The maximum atomic E-state index is 14.7. The molecule has 0 atom stereocenters. The van der Waals surface area contributed by atoms with Crippen molar-refractivity contribution < 1.29 is 4.57 Å². The van der Waals surface area contributed by atoms with E-state index in [2.05, 4.69) is 54.6 Å². The molecule has 0 radical (unpaired) electrons. The minimum Gasteiger partial charge on any atom is -0.309 e. The standard InChI is InChI=1S/C30H29OP/c31-32(27-15-7-2-8-16-27,28-17-9-3-10-18-28)29-21-19-26(20-22-29)30(23-11-4-12-24-30)25-13-5-1-6-14-25/h1-3,5-10,13-22H,4,11-12,23-24H2. The van der Waals surface area contributed by atoms with Gasteiger partial charge in [-0.05, 0) is 24.0 Å². The molecule has 0 unspecified atom stereocenters. The van der Waals surface area contributed by atoms with Gasteiger partial charge in [-0.3, -0.25) is 0 Å². The third kappa shape index (κ3) is 3.65. The van der Waals surface area contributed by atoms with Crippen LogP contribution in [0.3, 0.4) is 0 Å². The summed E-state index contributed by atoms with van der Waals surface area (Å²) in [6, 6.07) is 39.5. The summed E-state index contributed by atoms with van der Waals surface area (Å²) in [5.41, 5.74) is 2.81. The first kappa shape index (κ1) is 21.0. The highest BCUT2D eigenvalue weighted by Crippen LogP contribution is 2.46. The van der Waals surface area contributed by atoms with Gasteiger partial charge in [0, 0.05) is 21.3 Å². The Balaban J connectivity index is 1.62. The van der Waals surface area contributed by atoms with E-state index in [-0.39, 0.29) is 5.41 Å². The summed E-state index contributed by atoms with van der Waals surface area (Å²) in [5, 5.41) is 2.67. The van der Waals surface area contributed by atoms with Crippen LogP contribution in [0.5, 0.6) is 0 Å². The lowest BCUT2D eigenvalue weighted by Crippen LogP contribution is -2.31. The molecule has 160 valence electrons. The van der Waals surface area contributed by atoms with Gasteiger partial charge in [-0.15, -0.1) is 0 Å². The minimum atomic E-state index is -2.93. The first-order chi connectivity index (χ1) is 15.7. The van der Waals surface area contributed by atoms with Gasteiger partial charge in [0.1, 0.15) is 0 Å². The molecule has 0 bridgehead atoms. The van der Waals surface area contributed by atoms with Crippen molar-refractivity contribution in [2.45, 2.75) is 37.5 Å². The molecule has 2 heteroatoms. The predicted octanol–water partition coefficient (Wildman–Crippen LogP) is 6.58. The highest BCUT2D eigenvalue weighted by molar-refractivity contribution is 7.85. The van der Waals surface area contributed by atoms with Gasteiger partial charge in [-0.2, -0.15) is 0 Å². The van der Waals surface area contributed by atoms with Crippen LogP contribution in [-0.4, -0.2) is 0 Å². The fourth-order valence-electron chi connectivity index (χ4n) is 5.37. The summed E-state index contributed by atoms with van der Waals surface area (Å²) in [4.78, 5) is 0. The van der Waals surface area contributed by atoms with Crippen LogP contribution in [0.15, 0.2) is 115 Å². The van der Waals surface area contributed by atoms with Crippen molar-refractivity contribution in [3.8, 4) is 0 Å². The number of hydrogen-bond acceptors (Lipinski definition) is 1. The maximum Gasteiger partial charge on any atom is 0.171 e. The zero-order valence-corrected chi connectivity index (χ0v) is 19.3. The lowest BCUT2D eigenvalue weighted by molar-refractivity contribution is 0.346. The van der Waals surface area contributed by atoms with Crippen LogP contribution in [0, 0.1) is 0 Å². The van der Waals surface area contributed by atoms with Crippen molar-refractivity contribution in [2.24, 2.45) is 0 Å². The van der Waals surface area contributed by atoms with E-state index < -0.39 is 7.14 Å². The van der Waals surface area contributed by atoms with E-state index in [1.54, 1.807) is 0 Å². The predicted molar refractivity (Wildman–Crippen MR) is 136 cm³/mol. The first-order valence-corrected chi connectivity index (χ1v) is 13.3. The molecule has 0 aromatic heterocycles. The molecular formula is C30H29OP. The Labute approximate surface area is 191 Å². The van der Waals surface area contributed by atoms with Gasteiger partial charge in [0.05, 0.1) is 0 Å². The molecule has 4 aromatic carbocycles. The monoisotopic (exact) mass is 436 g/mol. The number of rotatable bonds is 5. The zero-order chi connectivity index (χ0) is 21.9. The minimum absolute atomic E-state index is 0.0571. The van der Waals surface area contributed by atoms with Crippen LogP contribution in [0.25, 0.3) is 0 Å². The van der Waals surface area contributed by atoms with Gasteiger partial charge < -0.3 is 4.57 Å². The van der Waals surface area contributed by atoms with E-state index in [0.29, 0.717) is 0 Å². The third-order valence-corrected chi connectivity index (χ3v) is 10.1. The number of benzene rings is 4. The summed E-state index contributed by atoms with van der Waals surface area (Å²) in [6.07, 6.45) is 6.16. The lowest BCUT2D eigenvalue weighted by Gasteiger charge is -2.39. The van der Waals surface area contributed by atoms with E-state index in [0.717, 1.165) is 15.9 Å². The van der Waals surface area contributed by atoms with Gasteiger partial charge >= 0.3 is 0 Å². The van der Waals surface area contributed by atoms with Crippen molar-refractivity contribution in [3.05, 3.63) is 126 Å². The van der Waals surface area contributed by atoms with E-state index in [1.807, 2.05) is 60.7 Å². The first-order valence-electron chi connectivity index (χ1n) is 11.6. The van der Waals surface area contributed by atoms with E-state index >= 15 is 0 Å². The van der Waals surface area contributed by atoms with Crippen LogP contribution < -0.4 is 15.9 Å². The molecule has 4 aromatic rings. The van der Waals surface area contributed by atoms with Crippen LogP contribution in [0.2, 0.25) is 0 Å². The summed E-state index contributed by atoms with van der Waals surface area (Å²) < 4.78 is 14.7. The molecule has 1 aliphatic carbocycles. The second-order valence-corrected chi connectivity index (χ2v) is 11.6. The quantitative estimate of drug-likeness (QED) is 0.323. The third-order valence-electron chi connectivity index (χ3n) is 7.06. The largest absolute Gasteiger partial charge is 0.309 e. The molecule has 0 amide bonds. The van der Waals surface area contributed by atoms with E-state index in [4.69, 9.17) is 0 Å². The van der Waals surface area contributed by atoms with E-state index in [1.165, 1.54) is 43.2 Å². The van der Waals surface area contributed by atoms with Crippen molar-refractivity contribution in [3.63, 3.8) is 0 Å². The molecule has 0 heterocycles. The summed E-state index contributed by atoms with van der Waals surface area (Å²) in [6.45, 7) is 0. The fourth-order valence-corrected chi connectivity index (χ4v) is 8.02. The summed E-state index contributed by atoms with van der Waals surface area (Å²) in [7, 11) is -2.93. The average Bonchev–Trinajstić information content (AvgIpc) is 2.90. The maximum absolute atomic E-state index is 14.7. The van der Waals surface area contributed by atoms with Gasteiger partial charge in [0.25, 0.3) is 0 Å². The average molecular weight is 437 g/mol. The smallest absolute Gasteiger partial charge is 0.171 e. The second-order valence-electron chi connectivity index (χ2n) is 8.84. The SMILES string of the molecule is O=P(c1ccccc1)(c1ccccc1)c1ccc(C2(c3ccccc3)CCCCC2)cc1. The lowest BCUT2D eigenvalue weighted by atomic mass is 9.65. The van der Waals surface area contributed by atoms with Crippen LogP contribution in [0.4, 0.5) is 0 Å². The van der Waals surface area contributed by atoms with Crippen LogP contribution in [-0.2, 0) is 9.98 Å². The van der Waals surface area contributed by atoms with Crippen molar-refractivity contribution in [1.82, 2.24) is 0 Å². The molecule has 1 saturated carbocycles. The second kappa shape index (κ2) is 8.93. The molecule has 0 saturated heterocycles. The van der Waals surface area contributed by atoms with Crippen molar-refractivity contribution >= 4 is 23.1 Å². The Kier molecular flexibility index (Phi) is 5.85. The Hall–Kier alpha value is -2.89. The zero-order valence-electron chi connectivity index (χ0n) is 18.4. The molecule has 32 heavy (non-hydrogen) atoms. The van der Waals surface area contributed by atoms with Crippen molar-refractivity contribution in [1.29, 1.82) is 0 Å². The highest BCUT2D eigenvalue weighted by Gasteiger charge is 2.36. The van der Waals surface area contributed by atoms with Crippen LogP contribution in [0.1, 0.15) is 43.2 Å². The molecule has 5 rings (SSSR count). The molecule has 1 fully saturated rings. The van der Waals surface area contributed by atoms with Gasteiger partial charge in [0.2, 0.25) is 0 Å². The Morgan fingerprint density at radius 3 is 1.38 bits per heavy atom. The fraction of sp³-hybridized carbons (Fsp3) is 0.200. The van der Waals surface area contributed by atoms with Gasteiger partial charge in [-0.1, -0.05) is 135 Å². The molecule has 0 aliphatic heterocycles. The summed E-state index contributed by atoms with van der Waals surface area (Å²) in [5.74, 6) is 0. The Morgan fingerprint density at radius 1 is 0.469 bits per heavy atom. The van der Waals surface area contributed by atoms with Crippen LogP contribution >= 0.6 is 7.14 Å². The normalized spacial score (nSPS) is 15.9. The number of hydrogen-bond donors (Lipinski definition) is 0. The molecule has 0 spiro atoms. The summed E-state index contributed by atoms with van der Waals surface area (Å²) >= 11 is 0. The Bertz CT molecular complexity index is 1150. The van der Waals surface area contributed by atoms with Gasteiger partial charge in [-0.25, -0.2) is 0 Å². The topological polar surface area (TPSA) is 17.1 Å². The highest BCUT2D eigenvalue weighted by atomic mass is 31.2. The molecule has 1 nitrogen and oxygen atoms in total. The van der Waals surface area contributed by atoms with Gasteiger partial charge in [0.15, 0.2) is 7.14 Å². The van der Waals surface area contributed by atoms with Crippen molar-refractivity contribution in [2.75, 3.05) is 0 Å².